The predicted molar refractivity (Wildman–Crippen MR) is 77.8 cm³/mol. The summed E-state index contributed by atoms with van der Waals surface area (Å²) in [6, 6.07) is 8.21. The molecule has 0 aliphatic heterocycles. The number of hydrogen-bond donors (Lipinski definition) is 2. The Bertz CT molecular complexity index is 680. The highest BCUT2D eigenvalue weighted by atomic mass is 32.2. The first-order chi connectivity index (χ1) is 9.58. The third-order valence-electron chi connectivity index (χ3n) is 3.19. The normalized spacial score (nSPS) is 13.5. The van der Waals surface area contributed by atoms with Crippen molar-refractivity contribution in [2.45, 2.75) is 30.7 Å². The Hall–Kier alpha value is -1.50. The second-order valence-corrected chi connectivity index (χ2v) is 6.25. The van der Waals surface area contributed by atoms with Gasteiger partial charge in [0.1, 0.15) is 0 Å². The molecule has 2 aromatic rings. The molecule has 1 heterocycles. The maximum Gasteiger partial charge on any atom is 0.241 e. The summed E-state index contributed by atoms with van der Waals surface area (Å²) in [5, 5.41) is 9.56. The van der Waals surface area contributed by atoms with Gasteiger partial charge in [-0.2, -0.15) is 0 Å². The molecule has 6 heteroatoms. The van der Waals surface area contributed by atoms with Crippen molar-refractivity contribution < 1.29 is 13.5 Å². The van der Waals surface area contributed by atoms with E-state index < -0.39 is 10.0 Å². The number of pyridine rings is 1. The Kier molecular flexibility index (Phi) is 4.69. The molecular formula is C14H18N2O3S. The summed E-state index contributed by atoms with van der Waals surface area (Å²) >= 11 is 0. The van der Waals surface area contributed by atoms with Crippen LogP contribution >= 0.6 is 0 Å². The summed E-state index contributed by atoms with van der Waals surface area (Å²) in [5.41, 5.74) is 0.644. The van der Waals surface area contributed by atoms with Crippen molar-refractivity contribution in [3.8, 4) is 0 Å². The quantitative estimate of drug-likeness (QED) is 0.849. The fourth-order valence-corrected chi connectivity index (χ4v) is 3.66. The number of sulfonamides is 1. The molecule has 0 fully saturated rings. The topological polar surface area (TPSA) is 79.3 Å². The number of fused-ring (bicyclic) bond motifs is 1. The van der Waals surface area contributed by atoms with Crippen molar-refractivity contribution in [2.24, 2.45) is 0 Å². The van der Waals surface area contributed by atoms with Crippen LogP contribution in [-0.4, -0.2) is 31.2 Å². The van der Waals surface area contributed by atoms with Crippen LogP contribution in [0.4, 0.5) is 0 Å². The predicted octanol–water partition coefficient (Wildman–Crippen LogP) is 1.67. The van der Waals surface area contributed by atoms with Gasteiger partial charge in [0.25, 0.3) is 0 Å². The van der Waals surface area contributed by atoms with Crippen molar-refractivity contribution in [3.63, 3.8) is 0 Å². The molecule has 0 saturated heterocycles. The maximum absolute atomic E-state index is 12.5. The number of aromatic nitrogens is 1. The Morgan fingerprint density at radius 3 is 2.80 bits per heavy atom. The van der Waals surface area contributed by atoms with Crippen LogP contribution in [-0.2, 0) is 10.0 Å². The molecule has 0 radical (unpaired) electrons. The summed E-state index contributed by atoms with van der Waals surface area (Å²) in [4.78, 5) is 4.38. The van der Waals surface area contributed by atoms with E-state index in [-0.39, 0.29) is 17.5 Å². The highest BCUT2D eigenvalue weighted by molar-refractivity contribution is 7.89. The van der Waals surface area contributed by atoms with Gasteiger partial charge >= 0.3 is 0 Å². The fraction of sp³-hybridized carbons (Fsp3) is 0.357. The zero-order chi connectivity index (χ0) is 14.6. The van der Waals surface area contributed by atoms with Crippen LogP contribution in [0.5, 0.6) is 0 Å². The Morgan fingerprint density at radius 1 is 1.30 bits per heavy atom. The van der Waals surface area contributed by atoms with E-state index >= 15 is 0 Å². The molecule has 0 saturated carbocycles. The average molecular weight is 294 g/mol. The third-order valence-corrected chi connectivity index (χ3v) is 4.77. The minimum absolute atomic E-state index is 0.0435. The molecule has 0 unspecified atom stereocenters. The monoisotopic (exact) mass is 294 g/mol. The molecule has 0 spiro atoms. The summed E-state index contributed by atoms with van der Waals surface area (Å²) in [7, 11) is -3.62. The zero-order valence-corrected chi connectivity index (χ0v) is 12.1. The number of hydrogen-bond acceptors (Lipinski definition) is 4. The number of benzene rings is 1. The first-order valence-corrected chi connectivity index (χ1v) is 8.03. The van der Waals surface area contributed by atoms with Gasteiger partial charge in [-0.15, -0.1) is 0 Å². The Morgan fingerprint density at radius 2 is 2.10 bits per heavy atom. The van der Waals surface area contributed by atoms with Crippen LogP contribution in [0, 0.1) is 0 Å². The molecule has 0 amide bonds. The van der Waals surface area contributed by atoms with Gasteiger partial charge in [-0.05, 0) is 37.1 Å². The van der Waals surface area contributed by atoms with Gasteiger partial charge in [-0.1, -0.05) is 13.0 Å². The lowest BCUT2D eigenvalue weighted by Gasteiger charge is -2.16. The molecule has 0 aliphatic carbocycles. The molecule has 0 bridgehead atoms. The van der Waals surface area contributed by atoms with Gasteiger partial charge in [0.15, 0.2) is 0 Å². The van der Waals surface area contributed by atoms with Crippen molar-refractivity contribution in [3.05, 3.63) is 36.5 Å². The van der Waals surface area contributed by atoms with Gasteiger partial charge in [-0.25, -0.2) is 13.1 Å². The highest BCUT2D eigenvalue weighted by Crippen LogP contribution is 2.21. The molecule has 1 aromatic carbocycles. The second kappa shape index (κ2) is 6.30. The van der Waals surface area contributed by atoms with E-state index in [0.29, 0.717) is 23.7 Å². The van der Waals surface area contributed by atoms with Crippen molar-refractivity contribution in [1.82, 2.24) is 9.71 Å². The molecule has 20 heavy (non-hydrogen) atoms. The van der Waals surface area contributed by atoms with Gasteiger partial charge in [-0.3, -0.25) is 4.98 Å². The number of nitrogens with one attached hydrogen (secondary N) is 1. The van der Waals surface area contributed by atoms with E-state index in [0.717, 1.165) is 0 Å². The summed E-state index contributed by atoms with van der Waals surface area (Å²) in [6.07, 6.45) is 2.66. The molecule has 1 aromatic heterocycles. The van der Waals surface area contributed by atoms with Crippen LogP contribution in [0.3, 0.4) is 0 Å². The van der Waals surface area contributed by atoms with Gasteiger partial charge in [0, 0.05) is 24.2 Å². The largest absolute Gasteiger partial charge is 0.396 e. The lowest BCUT2D eigenvalue weighted by Crippen LogP contribution is -2.35. The second-order valence-electron chi connectivity index (χ2n) is 4.56. The minimum atomic E-state index is -3.62. The zero-order valence-electron chi connectivity index (χ0n) is 11.3. The first kappa shape index (κ1) is 14.9. The molecule has 2 rings (SSSR count). The Balaban J connectivity index is 2.41. The van der Waals surface area contributed by atoms with Gasteiger partial charge < -0.3 is 5.11 Å². The maximum atomic E-state index is 12.5. The summed E-state index contributed by atoms with van der Waals surface area (Å²) in [6.45, 7) is 1.84. The van der Waals surface area contributed by atoms with Crippen molar-refractivity contribution >= 4 is 20.9 Å². The number of rotatable bonds is 6. The smallest absolute Gasteiger partial charge is 0.241 e. The highest BCUT2D eigenvalue weighted by Gasteiger charge is 2.20. The SMILES string of the molecule is CC[C@@H](CCO)NS(=O)(=O)c1cccc2ncccc12. The van der Waals surface area contributed by atoms with Crippen LogP contribution in [0.1, 0.15) is 19.8 Å². The lowest BCUT2D eigenvalue weighted by molar-refractivity contribution is 0.270. The van der Waals surface area contributed by atoms with Gasteiger partial charge in [0.2, 0.25) is 10.0 Å². The van der Waals surface area contributed by atoms with Crippen LogP contribution in [0.25, 0.3) is 10.9 Å². The molecular weight excluding hydrogens is 276 g/mol. The van der Waals surface area contributed by atoms with Crippen LogP contribution in [0.2, 0.25) is 0 Å². The molecule has 108 valence electrons. The summed E-state index contributed by atoms with van der Waals surface area (Å²) in [5.74, 6) is 0. The Labute approximate surface area is 118 Å². The number of nitrogens with zero attached hydrogens (tertiary/aromatic N) is 1. The lowest BCUT2D eigenvalue weighted by atomic mass is 10.2. The average Bonchev–Trinajstić information content (AvgIpc) is 2.46. The van der Waals surface area contributed by atoms with E-state index in [1.54, 1.807) is 36.5 Å². The molecule has 2 N–H and O–H groups in total. The summed E-state index contributed by atoms with van der Waals surface area (Å²) < 4.78 is 27.6. The van der Waals surface area contributed by atoms with E-state index in [1.807, 2.05) is 6.92 Å². The van der Waals surface area contributed by atoms with Crippen molar-refractivity contribution in [2.75, 3.05) is 6.61 Å². The van der Waals surface area contributed by atoms with Crippen LogP contribution in [0.15, 0.2) is 41.4 Å². The fourth-order valence-electron chi connectivity index (χ4n) is 2.09. The standard InChI is InChI=1S/C14H18N2O3S/c1-2-11(8-10-17)16-20(18,19)14-7-3-6-13-12(14)5-4-9-15-13/h3-7,9,11,16-17H,2,8,10H2,1H3/t11-/m0/s1. The third kappa shape index (κ3) is 3.15. The molecule has 5 nitrogen and oxygen atoms in total. The van der Waals surface area contributed by atoms with Crippen LogP contribution < -0.4 is 4.72 Å². The van der Waals surface area contributed by atoms with E-state index in [2.05, 4.69) is 9.71 Å². The van der Waals surface area contributed by atoms with Crippen molar-refractivity contribution in [1.29, 1.82) is 0 Å². The van der Waals surface area contributed by atoms with E-state index in [9.17, 15) is 8.42 Å². The molecule has 1 atom stereocenters. The first-order valence-electron chi connectivity index (χ1n) is 6.55. The number of aliphatic hydroxyl groups is 1. The minimum Gasteiger partial charge on any atom is -0.396 e. The number of aliphatic hydroxyl groups excluding tert-OH is 1. The van der Waals surface area contributed by atoms with Gasteiger partial charge in [0.05, 0.1) is 10.4 Å². The van der Waals surface area contributed by atoms with E-state index in [1.165, 1.54) is 0 Å². The molecule has 0 aliphatic rings. The van der Waals surface area contributed by atoms with E-state index in [4.69, 9.17) is 5.11 Å².